The maximum Gasteiger partial charge on any atom is 0.289 e. The summed E-state index contributed by atoms with van der Waals surface area (Å²) in [5.74, 6) is 0.239. The molecule has 132 valence electrons. The van der Waals surface area contributed by atoms with Crippen LogP contribution in [0.2, 0.25) is 0 Å². The van der Waals surface area contributed by atoms with E-state index in [2.05, 4.69) is 52.6 Å². The van der Waals surface area contributed by atoms with Crippen LogP contribution in [0.15, 0.2) is 62.6 Å². The number of halogens is 2. The van der Waals surface area contributed by atoms with E-state index < -0.39 is 0 Å². The number of benzene rings is 2. The lowest BCUT2D eigenvalue weighted by Crippen LogP contribution is -2.18. The van der Waals surface area contributed by atoms with Gasteiger partial charge < -0.3 is 4.74 Å². The number of ether oxygens (including phenoxy) is 1. The molecule has 1 aromatic heterocycles. The highest BCUT2D eigenvalue weighted by Gasteiger charge is 2.11. The highest BCUT2D eigenvalue weighted by molar-refractivity contribution is 9.11. The smallest absolute Gasteiger partial charge is 0.289 e. The van der Waals surface area contributed by atoms with Crippen LogP contribution in [0.4, 0.5) is 0 Å². The van der Waals surface area contributed by atoms with Crippen LogP contribution in [0, 0.1) is 0 Å². The number of hydrogen-bond acceptors (Lipinski definition) is 4. The Morgan fingerprint density at radius 3 is 2.73 bits per heavy atom. The molecule has 2 N–H and O–H groups in total. The van der Waals surface area contributed by atoms with E-state index in [0.29, 0.717) is 22.7 Å². The summed E-state index contributed by atoms with van der Waals surface area (Å²) < 4.78 is 6.98. The van der Waals surface area contributed by atoms with E-state index in [4.69, 9.17) is 4.74 Å². The topological polar surface area (TPSA) is 79.4 Å². The average Bonchev–Trinajstić information content (AvgIpc) is 3.12. The summed E-state index contributed by atoms with van der Waals surface area (Å²) in [6.07, 6.45) is 1.51. The van der Waals surface area contributed by atoms with Gasteiger partial charge in [-0.25, -0.2) is 5.43 Å². The van der Waals surface area contributed by atoms with Crippen molar-refractivity contribution in [3.63, 3.8) is 0 Å². The summed E-state index contributed by atoms with van der Waals surface area (Å²) in [5.41, 5.74) is 5.13. The fraction of sp³-hybridized carbons (Fsp3) is 0.0556. The average molecular weight is 478 g/mol. The minimum atomic E-state index is -0.385. The maximum atomic E-state index is 12.2. The zero-order chi connectivity index (χ0) is 18.5. The maximum absolute atomic E-state index is 12.2. The molecule has 0 aliphatic rings. The summed E-state index contributed by atoms with van der Waals surface area (Å²) in [6.45, 7) is 0. The standard InChI is InChI=1S/C18H14Br2N4O2/c1-26-17-12(7-13(19)8-14(17)20)10-21-24-18(25)16-9-15(22-23-16)11-5-3-2-4-6-11/h2-10H,1H3,(H,22,23)(H,24,25). The zero-order valence-electron chi connectivity index (χ0n) is 13.7. The summed E-state index contributed by atoms with van der Waals surface area (Å²) in [6, 6.07) is 15.0. The van der Waals surface area contributed by atoms with Crippen molar-refractivity contribution in [2.45, 2.75) is 0 Å². The van der Waals surface area contributed by atoms with Crippen LogP contribution in [0.25, 0.3) is 11.3 Å². The Morgan fingerprint density at radius 1 is 1.23 bits per heavy atom. The number of aromatic amines is 1. The second kappa shape index (κ2) is 8.29. The molecule has 2 aromatic carbocycles. The third-order valence-electron chi connectivity index (χ3n) is 3.50. The minimum Gasteiger partial charge on any atom is -0.495 e. The molecule has 8 heteroatoms. The SMILES string of the molecule is COc1c(Br)cc(Br)cc1C=NNC(=O)c1cc(-c2ccccc2)n[nH]1. The fourth-order valence-electron chi connectivity index (χ4n) is 2.31. The van der Waals surface area contributed by atoms with E-state index in [-0.39, 0.29) is 5.91 Å². The number of carbonyl (C=O) groups is 1. The molecule has 0 unspecified atom stereocenters. The monoisotopic (exact) mass is 476 g/mol. The summed E-state index contributed by atoms with van der Waals surface area (Å²) in [4.78, 5) is 12.2. The minimum absolute atomic E-state index is 0.323. The van der Waals surface area contributed by atoms with Crippen molar-refractivity contribution in [3.05, 3.63) is 68.7 Å². The van der Waals surface area contributed by atoms with Crippen LogP contribution >= 0.6 is 31.9 Å². The van der Waals surface area contributed by atoms with E-state index in [9.17, 15) is 4.79 Å². The molecule has 0 saturated heterocycles. The number of nitrogens with one attached hydrogen (secondary N) is 2. The van der Waals surface area contributed by atoms with Gasteiger partial charge >= 0.3 is 0 Å². The Labute approximate surface area is 166 Å². The van der Waals surface area contributed by atoms with E-state index in [0.717, 1.165) is 14.5 Å². The van der Waals surface area contributed by atoms with Crippen LogP contribution < -0.4 is 10.2 Å². The zero-order valence-corrected chi connectivity index (χ0v) is 16.8. The largest absolute Gasteiger partial charge is 0.495 e. The van der Waals surface area contributed by atoms with Crippen molar-refractivity contribution < 1.29 is 9.53 Å². The molecule has 6 nitrogen and oxygen atoms in total. The number of aromatic nitrogens is 2. The van der Waals surface area contributed by atoms with Crippen LogP contribution in [-0.4, -0.2) is 29.4 Å². The lowest BCUT2D eigenvalue weighted by atomic mass is 10.1. The van der Waals surface area contributed by atoms with Crippen LogP contribution in [0.1, 0.15) is 16.1 Å². The molecular formula is C18H14Br2N4O2. The highest BCUT2D eigenvalue weighted by atomic mass is 79.9. The van der Waals surface area contributed by atoms with Gasteiger partial charge in [-0.2, -0.15) is 10.2 Å². The number of rotatable bonds is 5. The number of amides is 1. The fourth-order valence-corrected chi connectivity index (χ4v) is 3.73. The lowest BCUT2D eigenvalue weighted by Gasteiger charge is -2.07. The first kappa shape index (κ1) is 18.3. The van der Waals surface area contributed by atoms with Gasteiger partial charge in [0.05, 0.1) is 23.5 Å². The molecule has 26 heavy (non-hydrogen) atoms. The number of hydrazone groups is 1. The first-order valence-electron chi connectivity index (χ1n) is 7.55. The second-order valence-corrected chi connectivity index (χ2v) is 7.01. The van der Waals surface area contributed by atoms with Crippen molar-refractivity contribution in [2.24, 2.45) is 5.10 Å². The van der Waals surface area contributed by atoms with E-state index >= 15 is 0 Å². The van der Waals surface area contributed by atoms with Gasteiger partial charge in [0, 0.05) is 15.6 Å². The molecule has 0 spiro atoms. The Morgan fingerprint density at radius 2 is 2.00 bits per heavy atom. The summed E-state index contributed by atoms with van der Waals surface area (Å²) >= 11 is 6.83. The van der Waals surface area contributed by atoms with Gasteiger partial charge in [-0.15, -0.1) is 0 Å². The third-order valence-corrected chi connectivity index (χ3v) is 4.55. The molecule has 3 aromatic rings. The Balaban J connectivity index is 1.72. The van der Waals surface area contributed by atoms with Gasteiger partial charge in [-0.1, -0.05) is 46.3 Å². The van der Waals surface area contributed by atoms with Crippen molar-refractivity contribution >= 4 is 44.0 Å². The molecule has 0 atom stereocenters. The molecule has 0 bridgehead atoms. The number of hydrogen-bond donors (Lipinski definition) is 2. The van der Waals surface area contributed by atoms with Gasteiger partial charge in [0.15, 0.2) is 0 Å². The normalized spacial score (nSPS) is 10.9. The Hall–Kier alpha value is -2.45. The predicted octanol–water partition coefficient (Wildman–Crippen LogP) is 4.37. The Kier molecular flexibility index (Phi) is 5.85. The molecule has 1 heterocycles. The second-order valence-electron chi connectivity index (χ2n) is 5.24. The van der Waals surface area contributed by atoms with Crippen molar-refractivity contribution in [1.82, 2.24) is 15.6 Å². The molecule has 0 radical (unpaired) electrons. The van der Waals surface area contributed by atoms with E-state index in [1.165, 1.54) is 6.21 Å². The van der Waals surface area contributed by atoms with E-state index in [1.807, 2.05) is 42.5 Å². The first-order chi connectivity index (χ1) is 12.6. The van der Waals surface area contributed by atoms with Gasteiger partial charge in [0.25, 0.3) is 5.91 Å². The van der Waals surface area contributed by atoms with Crippen molar-refractivity contribution in [2.75, 3.05) is 7.11 Å². The number of carbonyl (C=O) groups excluding carboxylic acids is 1. The van der Waals surface area contributed by atoms with Crippen LogP contribution in [0.5, 0.6) is 5.75 Å². The molecule has 3 rings (SSSR count). The molecule has 1 amide bonds. The summed E-state index contributed by atoms with van der Waals surface area (Å²) in [7, 11) is 1.57. The number of H-pyrrole nitrogens is 1. The molecule has 0 saturated carbocycles. The predicted molar refractivity (Wildman–Crippen MR) is 107 cm³/mol. The quantitative estimate of drug-likeness (QED) is 0.423. The molecule has 0 aliphatic carbocycles. The summed E-state index contributed by atoms with van der Waals surface area (Å²) in [5, 5.41) is 10.9. The van der Waals surface area contributed by atoms with Gasteiger partial charge in [0.2, 0.25) is 0 Å². The third kappa shape index (κ3) is 4.20. The number of methoxy groups -OCH3 is 1. The van der Waals surface area contributed by atoms with Gasteiger partial charge in [0.1, 0.15) is 11.4 Å². The first-order valence-corrected chi connectivity index (χ1v) is 9.14. The highest BCUT2D eigenvalue weighted by Crippen LogP contribution is 2.31. The Bertz CT molecular complexity index is 955. The molecular weight excluding hydrogens is 464 g/mol. The number of nitrogens with zero attached hydrogens (tertiary/aromatic N) is 2. The van der Waals surface area contributed by atoms with Gasteiger partial charge in [-0.05, 0) is 34.1 Å². The van der Waals surface area contributed by atoms with E-state index in [1.54, 1.807) is 13.2 Å². The van der Waals surface area contributed by atoms with Crippen molar-refractivity contribution in [3.8, 4) is 17.0 Å². The van der Waals surface area contributed by atoms with Crippen LogP contribution in [0.3, 0.4) is 0 Å². The lowest BCUT2D eigenvalue weighted by molar-refractivity contribution is 0.0950. The molecule has 0 fully saturated rings. The van der Waals surface area contributed by atoms with Crippen molar-refractivity contribution in [1.29, 1.82) is 0 Å². The molecule has 0 aliphatic heterocycles. The van der Waals surface area contributed by atoms with Gasteiger partial charge in [-0.3, -0.25) is 9.89 Å². The van der Waals surface area contributed by atoms with Crippen LogP contribution in [-0.2, 0) is 0 Å².